The number of hydrogen-bond donors (Lipinski definition) is 1. The fourth-order valence-electron chi connectivity index (χ4n) is 2.62. The highest BCUT2D eigenvalue weighted by Gasteiger charge is 2.15. The third-order valence-corrected chi connectivity index (χ3v) is 3.67. The molecule has 0 aliphatic heterocycles. The van der Waals surface area contributed by atoms with E-state index >= 15 is 0 Å². The van der Waals surface area contributed by atoms with Gasteiger partial charge in [0.05, 0.1) is 12.0 Å². The van der Waals surface area contributed by atoms with Gasteiger partial charge in [-0.1, -0.05) is 33.1 Å². The lowest BCUT2D eigenvalue weighted by atomic mass is 9.89. The minimum absolute atomic E-state index is 0.535. The monoisotopic (exact) mass is 235 g/mol. The van der Waals surface area contributed by atoms with Crippen LogP contribution in [0.2, 0.25) is 0 Å². The fraction of sp³-hybridized carbons (Fsp3) is 0.786. The highest BCUT2D eigenvalue weighted by Crippen LogP contribution is 2.25. The minimum atomic E-state index is 0.535. The van der Waals surface area contributed by atoms with E-state index in [0.717, 1.165) is 19.0 Å². The largest absolute Gasteiger partial charge is 0.333 e. The van der Waals surface area contributed by atoms with Crippen LogP contribution in [0, 0.1) is 5.92 Å². The van der Waals surface area contributed by atoms with Crippen molar-refractivity contribution in [2.45, 2.75) is 65.1 Å². The van der Waals surface area contributed by atoms with Crippen LogP contribution in [0.25, 0.3) is 0 Å². The number of hydrogen-bond acceptors (Lipinski definition) is 2. The maximum Gasteiger partial charge on any atom is 0.0948 e. The molecule has 1 aliphatic carbocycles. The molecule has 1 aromatic heterocycles. The van der Waals surface area contributed by atoms with Crippen molar-refractivity contribution in [1.29, 1.82) is 0 Å². The molecule has 1 aliphatic rings. The molecular formula is C14H25N3. The summed E-state index contributed by atoms with van der Waals surface area (Å²) >= 11 is 0. The second-order valence-electron chi connectivity index (χ2n) is 5.58. The van der Waals surface area contributed by atoms with E-state index in [4.69, 9.17) is 0 Å². The van der Waals surface area contributed by atoms with Crippen LogP contribution in [0.15, 0.2) is 12.5 Å². The lowest BCUT2D eigenvalue weighted by Crippen LogP contribution is -2.24. The van der Waals surface area contributed by atoms with E-state index in [0.29, 0.717) is 6.04 Å². The molecule has 1 fully saturated rings. The van der Waals surface area contributed by atoms with Crippen molar-refractivity contribution in [2.24, 2.45) is 5.92 Å². The first kappa shape index (κ1) is 12.6. The summed E-state index contributed by atoms with van der Waals surface area (Å²) in [6.45, 7) is 6.46. The van der Waals surface area contributed by atoms with Crippen molar-refractivity contribution in [3.63, 3.8) is 0 Å². The Bertz CT molecular complexity index is 324. The number of rotatable bonds is 5. The fourth-order valence-corrected chi connectivity index (χ4v) is 2.62. The number of imidazole rings is 1. The van der Waals surface area contributed by atoms with Crippen LogP contribution in [-0.2, 0) is 13.1 Å². The molecule has 0 atom stereocenters. The Kier molecular flexibility index (Phi) is 4.60. The maximum atomic E-state index is 4.29. The van der Waals surface area contributed by atoms with Gasteiger partial charge in [-0.05, 0) is 18.8 Å². The molecule has 0 bridgehead atoms. The van der Waals surface area contributed by atoms with Gasteiger partial charge in [0.1, 0.15) is 0 Å². The average molecular weight is 235 g/mol. The Morgan fingerprint density at radius 2 is 2.12 bits per heavy atom. The van der Waals surface area contributed by atoms with Crippen LogP contribution >= 0.6 is 0 Å². The smallest absolute Gasteiger partial charge is 0.0948 e. The Labute approximate surface area is 105 Å². The molecule has 3 heteroatoms. The summed E-state index contributed by atoms with van der Waals surface area (Å²) in [5.41, 5.74) is 1.32. The molecule has 2 rings (SSSR count). The number of nitrogens with one attached hydrogen (secondary N) is 1. The topological polar surface area (TPSA) is 29.9 Å². The standard InChI is InChI=1S/C14H25N3/c1-12(2)16-9-14-8-15-11-17(14)10-13-6-4-3-5-7-13/h8,11-13,16H,3-7,9-10H2,1-2H3. The quantitative estimate of drug-likeness (QED) is 0.850. The molecule has 1 aromatic rings. The van der Waals surface area contributed by atoms with Gasteiger partial charge in [-0.3, -0.25) is 0 Å². The minimum Gasteiger partial charge on any atom is -0.333 e. The van der Waals surface area contributed by atoms with E-state index < -0.39 is 0 Å². The van der Waals surface area contributed by atoms with Crippen molar-refractivity contribution in [2.75, 3.05) is 0 Å². The third kappa shape index (κ3) is 3.84. The lowest BCUT2D eigenvalue weighted by Gasteiger charge is -2.23. The predicted octanol–water partition coefficient (Wildman–Crippen LogP) is 2.96. The summed E-state index contributed by atoms with van der Waals surface area (Å²) in [4.78, 5) is 4.29. The molecule has 0 amide bonds. The van der Waals surface area contributed by atoms with Crippen LogP contribution in [0.4, 0.5) is 0 Å². The lowest BCUT2D eigenvalue weighted by molar-refractivity contribution is 0.315. The Morgan fingerprint density at radius 3 is 2.82 bits per heavy atom. The van der Waals surface area contributed by atoms with Gasteiger partial charge in [0.25, 0.3) is 0 Å². The molecule has 1 saturated carbocycles. The second kappa shape index (κ2) is 6.20. The zero-order valence-electron chi connectivity index (χ0n) is 11.2. The van der Waals surface area contributed by atoms with E-state index in [2.05, 4.69) is 28.7 Å². The first-order valence-corrected chi connectivity index (χ1v) is 6.98. The number of nitrogens with zero attached hydrogens (tertiary/aromatic N) is 2. The van der Waals surface area contributed by atoms with Crippen LogP contribution in [0.3, 0.4) is 0 Å². The van der Waals surface area contributed by atoms with Crippen molar-refractivity contribution in [3.8, 4) is 0 Å². The summed E-state index contributed by atoms with van der Waals surface area (Å²) < 4.78 is 2.34. The van der Waals surface area contributed by atoms with Gasteiger partial charge in [0, 0.05) is 25.3 Å². The first-order chi connectivity index (χ1) is 8.25. The van der Waals surface area contributed by atoms with Crippen LogP contribution in [0.1, 0.15) is 51.6 Å². The van der Waals surface area contributed by atoms with Gasteiger partial charge in [-0.15, -0.1) is 0 Å². The van der Waals surface area contributed by atoms with E-state index in [-0.39, 0.29) is 0 Å². The van der Waals surface area contributed by atoms with Crippen molar-refractivity contribution in [3.05, 3.63) is 18.2 Å². The molecule has 17 heavy (non-hydrogen) atoms. The molecular weight excluding hydrogens is 210 g/mol. The normalized spacial score (nSPS) is 17.8. The van der Waals surface area contributed by atoms with E-state index in [1.165, 1.54) is 37.8 Å². The Morgan fingerprint density at radius 1 is 1.35 bits per heavy atom. The van der Waals surface area contributed by atoms with Crippen molar-refractivity contribution in [1.82, 2.24) is 14.9 Å². The predicted molar refractivity (Wildman–Crippen MR) is 70.8 cm³/mol. The Balaban J connectivity index is 1.88. The molecule has 1 N–H and O–H groups in total. The highest BCUT2D eigenvalue weighted by atomic mass is 15.1. The second-order valence-corrected chi connectivity index (χ2v) is 5.58. The van der Waals surface area contributed by atoms with E-state index in [9.17, 15) is 0 Å². The molecule has 3 nitrogen and oxygen atoms in total. The maximum absolute atomic E-state index is 4.29. The first-order valence-electron chi connectivity index (χ1n) is 6.98. The van der Waals surface area contributed by atoms with Crippen LogP contribution < -0.4 is 5.32 Å². The summed E-state index contributed by atoms with van der Waals surface area (Å²) in [6, 6.07) is 0.535. The average Bonchev–Trinajstić information content (AvgIpc) is 2.75. The molecule has 0 unspecified atom stereocenters. The van der Waals surface area contributed by atoms with Gasteiger partial charge in [-0.25, -0.2) is 4.98 Å². The molecule has 0 radical (unpaired) electrons. The zero-order valence-corrected chi connectivity index (χ0v) is 11.2. The van der Waals surface area contributed by atoms with Crippen LogP contribution in [0.5, 0.6) is 0 Å². The van der Waals surface area contributed by atoms with Gasteiger partial charge in [-0.2, -0.15) is 0 Å². The molecule has 1 heterocycles. The molecule has 96 valence electrons. The van der Waals surface area contributed by atoms with Gasteiger partial charge >= 0.3 is 0 Å². The summed E-state index contributed by atoms with van der Waals surface area (Å²) in [7, 11) is 0. The highest BCUT2D eigenvalue weighted by molar-refractivity contribution is 4.98. The van der Waals surface area contributed by atoms with Crippen molar-refractivity contribution >= 4 is 0 Å². The zero-order chi connectivity index (χ0) is 12.1. The third-order valence-electron chi connectivity index (χ3n) is 3.67. The number of aromatic nitrogens is 2. The van der Waals surface area contributed by atoms with Gasteiger partial charge < -0.3 is 9.88 Å². The van der Waals surface area contributed by atoms with E-state index in [1.54, 1.807) is 0 Å². The summed E-state index contributed by atoms with van der Waals surface area (Å²) in [5.74, 6) is 0.871. The van der Waals surface area contributed by atoms with Crippen LogP contribution in [-0.4, -0.2) is 15.6 Å². The SMILES string of the molecule is CC(C)NCc1cncn1CC1CCCCC1. The van der Waals surface area contributed by atoms with Gasteiger partial charge in [0.15, 0.2) is 0 Å². The van der Waals surface area contributed by atoms with Gasteiger partial charge in [0.2, 0.25) is 0 Å². The molecule has 0 spiro atoms. The molecule has 0 aromatic carbocycles. The van der Waals surface area contributed by atoms with Crippen molar-refractivity contribution < 1.29 is 0 Å². The van der Waals surface area contributed by atoms with E-state index in [1.807, 2.05) is 12.5 Å². The Hall–Kier alpha value is -0.830. The summed E-state index contributed by atoms with van der Waals surface area (Å²) in [6.07, 6.45) is 11.1. The summed E-state index contributed by atoms with van der Waals surface area (Å²) in [5, 5.41) is 3.46. The molecule has 0 saturated heterocycles.